The van der Waals surface area contributed by atoms with E-state index in [9.17, 15) is 53.1 Å². The number of aliphatic imine (C=N–C) groups is 2. The minimum absolute atomic E-state index is 0.0354. The van der Waals surface area contributed by atoms with Gasteiger partial charge in [0.1, 0.15) is 41.6 Å². The summed E-state index contributed by atoms with van der Waals surface area (Å²) in [5.41, 5.74) is 49.8. The number of rotatable bonds is 36. The maximum Gasteiger partial charge on any atom is 0.269 e. The number of carbonyl (C=O) groups is 10. The van der Waals surface area contributed by atoms with Gasteiger partial charge in [0.15, 0.2) is 5.96 Å². The van der Waals surface area contributed by atoms with Gasteiger partial charge in [-0.15, -0.1) is 0 Å². The zero-order valence-corrected chi connectivity index (χ0v) is 42.6. The Labute approximate surface area is 439 Å². The molecule has 26 N–H and O–H groups in total. The molecule has 424 valence electrons. The SMILES string of the molecule is NCCCC[C@H](NC(=O)[C@H](Cc1cnc[nH]1)NC(=O)[C@@H]1CCCN1C(=O)C(CCCN)=NC(=O)CNC(=O)[C@H](CCC(N)=O)NC(=O)[C@@H](NC(=O)[C@@H](N)CCCCN)[C@@H](O)CN)C(=O)N/C(=C\CCN=C(N)N)C(N)=O. The number of nitrogens with two attached hydrogens (primary N) is 9. The molecule has 10 amide bonds. The van der Waals surface area contributed by atoms with E-state index in [4.69, 9.17) is 51.6 Å². The van der Waals surface area contributed by atoms with Crippen LogP contribution in [0.3, 0.4) is 0 Å². The minimum atomic E-state index is -1.69. The van der Waals surface area contributed by atoms with E-state index in [0.717, 1.165) is 0 Å². The van der Waals surface area contributed by atoms with E-state index in [2.05, 4.69) is 51.9 Å². The Morgan fingerprint density at radius 1 is 0.776 bits per heavy atom. The number of hydrogen-bond acceptors (Lipinski definition) is 18. The molecule has 0 aliphatic carbocycles. The minimum Gasteiger partial charge on any atom is -0.389 e. The van der Waals surface area contributed by atoms with Crippen LogP contribution in [0.5, 0.6) is 0 Å². The van der Waals surface area contributed by atoms with Crippen LogP contribution in [0.25, 0.3) is 0 Å². The van der Waals surface area contributed by atoms with Crippen LogP contribution in [0, 0.1) is 0 Å². The summed E-state index contributed by atoms with van der Waals surface area (Å²) in [4.78, 5) is 149. The quantitative estimate of drug-likeness (QED) is 0.0128. The number of carbonyl (C=O) groups excluding carboxylic acids is 10. The number of guanidine groups is 1. The van der Waals surface area contributed by atoms with Crippen molar-refractivity contribution in [2.45, 2.75) is 132 Å². The number of imidazole rings is 1. The fourth-order valence-corrected chi connectivity index (χ4v) is 7.56. The van der Waals surface area contributed by atoms with Crippen molar-refractivity contribution in [3.8, 4) is 0 Å². The van der Waals surface area contributed by atoms with Crippen LogP contribution in [-0.4, -0.2) is 179 Å². The molecule has 1 aromatic heterocycles. The third-order valence-electron chi connectivity index (χ3n) is 11.7. The molecule has 1 saturated heterocycles. The first-order valence-corrected chi connectivity index (χ1v) is 24.9. The molecule has 0 unspecified atom stereocenters. The van der Waals surface area contributed by atoms with Crippen LogP contribution in [-0.2, 0) is 54.4 Å². The van der Waals surface area contributed by atoms with Crippen molar-refractivity contribution in [1.29, 1.82) is 0 Å². The van der Waals surface area contributed by atoms with Gasteiger partial charge in [-0.05, 0) is 90.3 Å². The summed E-state index contributed by atoms with van der Waals surface area (Å²) in [6.45, 7) is -0.491. The molecule has 1 aliphatic heterocycles. The van der Waals surface area contributed by atoms with Crippen LogP contribution >= 0.6 is 0 Å². The van der Waals surface area contributed by atoms with Gasteiger partial charge in [0.05, 0.1) is 25.0 Å². The number of H-pyrrole nitrogens is 1. The van der Waals surface area contributed by atoms with E-state index in [-0.39, 0.29) is 94.9 Å². The second kappa shape index (κ2) is 34.9. The third-order valence-corrected chi connectivity index (χ3v) is 11.7. The predicted octanol–water partition coefficient (Wildman–Crippen LogP) is -7.98. The Hall–Kier alpha value is -7.45. The van der Waals surface area contributed by atoms with Crippen LogP contribution in [0.2, 0.25) is 0 Å². The lowest BCUT2D eigenvalue weighted by Gasteiger charge is -2.27. The molecule has 0 saturated carbocycles. The number of aliphatic hydroxyl groups is 1. The number of aliphatic hydroxyl groups excluding tert-OH is 1. The molecule has 0 radical (unpaired) electrons. The molecule has 0 bridgehead atoms. The van der Waals surface area contributed by atoms with E-state index >= 15 is 0 Å². The normalized spacial score (nSPS) is 15.9. The maximum atomic E-state index is 14.2. The lowest BCUT2D eigenvalue weighted by molar-refractivity contribution is -0.136. The Morgan fingerprint density at radius 3 is 2.04 bits per heavy atom. The molecule has 31 nitrogen and oxygen atoms in total. The van der Waals surface area contributed by atoms with Crippen LogP contribution in [0.4, 0.5) is 0 Å². The lowest BCUT2D eigenvalue weighted by Crippen LogP contribution is -2.60. The highest BCUT2D eigenvalue weighted by molar-refractivity contribution is 6.40. The standard InChI is InChI=1S/C45H78N20O11/c46-15-3-1-8-26(50)38(70)64-36(33(66)21-49)43(75)62-29(13-14-34(51)67)39(71)57-23-35(68)59-30(10-5-17-48)44(76)65-19-7-12-32(65)42(74)63-31(20-25-22-55-24-58-25)41(73)61-28(9-2-4-16-47)40(72)60-27(37(52)69)11-6-18-56-45(53)54/h11,22,24,26,28-29,31-33,36,66H,1-10,12-21,23,46-50H2,(H2,51,67)(H2,52,69)(H,55,58)(H,57,71)(H,60,72)(H,61,73)(H,62,75)(H,63,74)(H,64,70)(H4,53,54,56)/b27-11-,59-30?/t26-,28-,29-,31-,32-,33-,36-/m0/s1. The molecule has 76 heavy (non-hydrogen) atoms. The molecule has 0 spiro atoms. The van der Waals surface area contributed by atoms with E-state index in [1.807, 2.05) is 0 Å². The van der Waals surface area contributed by atoms with Gasteiger partial charge in [-0.1, -0.05) is 12.5 Å². The second-order valence-electron chi connectivity index (χ2n) is 17.7. The number of likely N-dealkylation sites (tertiary alicyclic amines) is 1. The van der Waals surface area contributed by atoms with E-state index < -0.39 is 121 Å². The molecule has 2 rings (SSSR count). The maximum absolute atomic E-state index is 14.2. The smallest absolute Gasteiger partial charge is 0.269 e. The number of nitrogens with zero attached hydrogens (tertiary/aromatic N) is 4. The van der Waals surface area contributed by atoms with Gasteiger partial charge in [0.2, 0.25) is 41.4 Å². The summed E-state index contributed by atoms with van der Waals surface area (Å²) in [5.74, 6) is -9.10. The number of primary amides is 2. The fourth-order valence-electron chi connectivity index (χ4n) is 7.56. The third kappa shape index (κ3) is 23.4. The van der Waals surface area contributed by atoms with Crippen LogP contribution < -0.4 is 83.5 Å². The predicted molar refractivity (Wildman–Crippen MR) is 276 cm³/mol. The molecule has 31 heteroatoms. The van der Waals surface area contributed by atoms with Gasteiger partial charge in [-0.3, -0.25) is 52.9 Å². The highest BCUT2D eigenvalue weighted by atomic mass is 16.3. The topological polar surface area (TPSA) is 554 Å². The van der Waals surface area contributed by atoms with Crippen molar-refractivity contribution in [2.24, 2.45) is 61.6 Å². The number of unbranched alkanes of at least 4 members (excludes halogenated alkanes) is 2. The number of amides is 10. The highest BCUT2D eigenvalue weighted by Crippen LogP contribution is 2.20. The summed E-state index contributed by atoms with van der Waals surface area (Å²) >= 11 is 0. The summed E-state index contributed by atoms with van der Waals surface area (Å²) in [6, 6.07) is -8.11. The van der Waals surface area contributed by atoms with Crippen molar-refractivity contribution >= 4 is 70.7 Å². The Morgan fingerprint density at radius 2 is 1.43 bits per heavy atom. The summed E-state index contributed by atoms with van der Waals surface area (Å²) in [5, 5.41) is 25.3. The first kappa shape index (κ1) is 64.7. The molecular formula is C45H78N20O11. The van der Waals surface area contributed by atoms with Crippen molar-refractivity contribution in [1.82, 2.24) is 46.8 Å². The number of aromatic amines is 1. The second-order valence-corrected chi connectivity index (χ2v) is 17.7. The Balaban J connectivity index is 2.33. The van der Waals surface area contributed by atoms with Crippen molar-refractivity contribution in [2.75, 3.05) is 45.8 Å². The number of nitrogens with one attached hydrogen (secondary N) is 7. The zero-order valence-electron chi connectivity index (χ0n) is 42.6. The van der Waals surface area contributed by atoms with E-state index in [1.165, 1.54) is 23.5 Å². The molecular weight excluding hydrogens is 997 g/mol. The average molecular weight is 1080 g/mol. The van der Waals surface area contributed by atoms with Crippen molar-refractivity contribution in [3.63, 3.8) is 0 Å². The van der Waals surface area contributed by atoms with Gasteiger partial charge < -0.3 is 98.5 Å². The molecule has 2 heterocycles. The number of hydrogen-bond donors (Lipinski definition) is 17. The first-order valence-electron chi connectivity index (χ1n) is 24.9. The van der Waals surface area contributed by atoms with Gasteiger partial charge >= 0.3 is 0 Å². The van der Waals surface area contributed by atoms with Gasteiger partial charge in [0, 0.05) is 44.4 Å². The summed E-state index contributed by atoms with van der Waals surface area (Å²) < 4.78 is 0. The van der Waals surface area contributed by atoms with E-state index in [1.54, 1.807) is 0 Å². The largest absolute Gasteiger partial charge is 0.389 e. The van der Waals surface area contributed by atoms with Crippen molar-refractivity contribution < 1.29 is 53.1 Å². The Kier molecular flexibility index (Phi) is 29.7. The highest BCUT2D eigenvalue weighted by Gasteiger charge is 2.39. The average Bonchev–Trinajstić information content (AvgIpc) is 4.10. The molecule has 1 fully saturated rings. The first-order chi connectivity index (χ1) is 36.2. The zero-order chi connectivity index (χ0) is 56.7. The number of aromatic nitrogens is 2. The monoisotopic (exact) mass is 1070 g/mol. The molecule has 1 aliphatic rings. The van der Waals surface area contributed by atoms with Crippen LogP contribution in [0.1, 0.15) is 89.2 Å². The Bertz CT molecular complexity index is 2200. The molecule has 1 aromatic rings. The fraction of sp³-hybridized carbons (Fsp3) is 0.622. The van der Waals surface area contributed by atoms with Crippen molar-refractivity contribution in [3.05, 3.63) is 30.0 Å². The summed E-state index contributed by atoms with van der Waals surface area (Å²) in [6.07, 6.45) is 4.36. The molecule has 0 aromatic carbocycles. The van der Waals surface area contributed by atoms with E-state index in [0.29, 0.717) is 44.3 Å². The van der Waals surface area contributed by atoms with Gasteiger partial charge in [-0.2, -0.15) is 0 Å². The van der Waals surface area contributed by atoms with Gasteiger partial charge in [-0.25, -0.2) is 9.98 Å². The van der Waals surface area contributed by atoms with Crippen LogP contribution in [0.15, 0.2) is 34.3 Å². The molecule has 7 atom stereocenters. The lowest BCUT2D eigenvalue weighted by atomic mass is 10.1. The summed E-state index contributed by atoms with van der Waals surface area (Å²) in [7, 11) is 0. The van der Waals surface area contributed by atoms with Gasteiger partial charge in [0.25, 0.3) is 17.7 Å².